The van der Waals surface area contributed by atoms with Crippen LogP contribution in [0.2, 0.25) is 0 Å². The predicted octanol–water partition coefficient (Wildman–Crippen LogP) is 10.7. The lowest BCUT2D eigenvalue weighted by Crippen LogP contribution is -2.09. The van der Waals surface area contributed by atoms with Crippen LogP contribution in [0.4, 0.5) is 17.1 Å². The Morgan fingerprint density at radius 3 is 1.67 bits per heavy atom. The number of rotatable bonds is 5. The minimum Gasteiger partial charge on any atom is -0.454 e. The van der Waals surface area contributed by atoms with E-state index >= 15 is 0 Å². The second kappa shape index (κ2) is 10.2. The Hall–Kier alpha value is -4.73. The molecule has 0 unspecified atom stereocenters. The Morgan fingerprint density at radius 2 is 0.949 bits per heavy atom. The SMILES string of the molecule is c1ccc(-c2ccc(N(c3ccccc3)c3ccc(-c4cccc5c4Oc4ccccc4S5)cc3)cc2)cc1. The molecule has 0 fully saturated rings. The van der Waals surface area contributed by atoms with E-state index in [9.17, 15) is 0 Å². The van der Waals surface area contributed by atoms with Crippen LogP contribution >= 0.6 is 11.8 Å². The third-order valence-corrected chi connectivity index (χ3v) is 8.04. The molecular formula is C36H25NOS. The van der Waals surface area contributed by atoms with E-state index in [1.807, 2.05) is 18.2 Å². The minimum absolute atomic E-state index is 0.910. The molecule has 0 saturated heterocycles. The molecule has 39 heavy (non-hydrogen) atoms. The molecule has 0 amide bonds. The van der Waals surface area contributed by atoms with E-state index in [-0.39, 0.29) is 0 Å². The lowest BCUT2D eigenvalue weighted by atomic mass is 10.0. The first-order valence-electron chi connectivity index (χ1n) is 13.0. The van der Waals surface area contributed by atoms with Crippen molar-refractivity contribution in [3.05, 3.63) is 152 Å². The van der Waals surface area contributed by atoms with Gasteiger partial charge in [0.05, 0.1) is 9.79 Å². The summed E-state index contributed by atoms with van der Waals surface area (Å²) in [5, 5.41) is 0. The first kappa shape index (κ1) is 23.4. The van der Waals surface area contributed by atoms with E-state index in [0.29, 0.717) is 0 Å². The molecule has 186 valence electrons. The second-order valence-corrected chi connectivity index (χ2v) is 10.5. The summed E-state index contributed by atoms with van der Waals surface area (Å²) in [4.78, 5) is 4.58. The van der Waals surface area contributed by atoms with Gasteiger partial charge >= 0.3 is 0 Å². The molecule has 2 nitrogen and oxygen atoms in total. The van der Waals surface area contributed by atoms with Crippen LogP contribution in [0.25, 0.3) is 22.3 Å². The van der Waals surface area contributed by atoms with Gasteiger partial charge in [-0.15, -0.1) is 0 Å². The zero-order valence-electron chi connectivity index (χ0n) is 21.2. The normalized spacial score (nSPS) is 11.7. The second-order valence-electron chi connectivity index (χ2n) is 9.41. The monoisotopic (exact) mass is 519 g/mol. The molecule has 0 radical (unpaired) electrons. The summed E-state index contributed by atoms with van der Waals surface area (Å²) < 4.78 is 6.40. The van der Waals surface area contributed by atoms with Crippen molar-refractivity contribution in [1.82, 2.24) is 0 Å². The van der Waals surface area contributed by atoms with Gasteiger partial charge in [0.25, 0.3) is 0 Å². The predicted molar refractivity (Wildman–Crippen MR) is 163 cm³/mol. The first-order valence-corrected chi connectivity index (χ1v) is 13.8. The summed E-state index contributed by atoms with van der Waals surface area (Å²) in [6.07, 6.45) is 0. The van der Waals surface area contributed by atoms with E-state index in [0.717, 1.165) is 49.5 Å². The van der Waals surface area contributed by atoms with E-state index in [4.69, 9.17) is 4.74 Å². The lowest BCUT2D eigenvalue weighted by molar-refractivity contribution is 0.456. The van der Waals surface area contributed by atoms with E-state index in [1.54, 1.807) is 11.8 Å². The molecule has 1 heterocycles. The van der Waals surface area contributed by atoms with Gasteiger partial charge < -0.3 is 9.64 Å². The standard InChI is InChI=1S/C36H25NOS/c1-3-10-26(11-4-1)27-18-22-30(23-19-27)37(29-12-5-2-6-13-29)31-24-20-28(21-25-31)32-14-9-17-35-36(32)38-33-15-7-8-16-34(33)39-35/h1-25H. The molecule has 0 saturated carbocycles. The summed E-state index contributed by atoms with van der Waals surface area (Å²) in [5.74, 6) is 1.83. The highest BCUT2D eigenvalue weighted by Gasteiger charge is 2.21. The Labute approximate surface area is 233 Å². The molecule has 0 atom stereocenters. The van der Waals surface area contributed by atoms with Crippen LogP contribution < -0.4 is 9.64 Å². The summed E-state index contributed by atoms with van der Waals surface area (Å²) in [7, 11) is 0. The average molecular weight is 520 g/mol. The van der Waals surface area contributed by atoms with Gasteiger partial charge in [-0.1, -0.05) is 109 Å². The van der Waals surface area contributed by atoms with Crippen LogP contribution in [0.5, 0.6) is 11.5 Å². The van der Waals surface area contributed by atoms with Gasteiger partial charge in [0.15, 0.2) is 0 Å². The number of anilines is 3. The van der Waals surface area contributed by atoms with Gasteiger partial charge in [0, 0.05) is 22.6 Å². The van der Waals surface area contributed by atoms with Crippen LogP contribution in [0.15, 0.2) is 161 Å². The van der Waals surface area contributed by atoms with Crippen LogP contribution in [0.3, 0.4) is 0 Å². The van der Waals surface area contributed by atoms with E-state index in [2.05, 4.69) is 138 Å². The maximum atomic E-state index is 6.40. The molecule has 6 aromatic rings. The van der Waals surface area contributed by atoms with Gasteiger partial charge in [-0.05, 0) is 71.3 Å². The van der Waals surface area contributed by atoms with Crippen LogP contribution in [0, 0.1) is 0 Å². The van der Waals surface area contributed by atoms with Crippen molar-refractivity contribution in [2.75, 3.05) is 4.90 Å². The zero-order chi connectivity index (χ0) is 26.0. The van der Waals surface area contributed by atoms with Crippen molar-refractivity contribution in [2.24, 2.45) is 0 Å². The number of benzene rings is 6. The highest BCUT2D eigenvalue weighted by molar-refractivity contribution is 7.99. The molecule has 0 aromatic heterocycles. The van der Waals surface area contributed by atoms with Gasteiger partial charge in [-0.2, -0.15) is 0 Å². The van der Waals surface area contributed by atoms with E-state index in [1.165, 1.54) is 11.1 Å². The number of para-hydroxylation sites is 3. The van der Waals surface area contributed by atoms with Crippen LogP contribution in [-0.4, -0.2) is 0 Å². The van der Waals surface area contributed by atoms with Crippen LogP contribution in [-0.2, 0) is 0 Å². The van der Waals surface area contributed by atoms with Gasteiger partial charge in [0.2, 0.25) is 0 Å². The quantitative estimate of drug-likeness (QED) is 0.224. The van der Waals surface area contributed by atoms with Crippen molar-refractivity contribution in [3.63, 3.8) is 0 Å². The van der Waals surface area contributed by atoms with Crippen molar-refractivity contribution >= 4 is 28.8 Å². The molecule has 0 bridgehead atoms. The largest absolute Gasteiger partial charge is 0.454 e. The van der Waals surface area contributed by atoms with E-state index < -0.39 is 0 Å². The minimum atomic E-state index is 0.910. The lowest BCUT2D eigenvalue weighted by Gasteiger charge is -2.26. The van der Waals surface area contributed by atoms with Gasteiger partial charge in [-0.3, -0.25) is 0 Å². The van der Waals surface area contributed by atoms with Crippen LogP contribution in [0.1, 0.15) is 0 Å². The molecule has 0 N–H and O–H groups in total. The summed E-state index contributed by atoms with van der Waals surface area (Å²) in [5.41, 5.74) is 7.98. The third-order valence-electron chi connectivity index (χ3n) is 6.94. The Morgan fingerprint density at radius 1 is 0.410 bits per heavy atom. The highest BCUT2D eigenvalue weighted by atomic mass is 32.2. The highest BCUT2D eigenvalue weighted by Crippen LogP contribution is 2.50. The Bertz CT molecular complexity index is 1730. The van der Waals surface area contributed by atoms with Crippen molar-refractivity contribution < 1.29 is 4.74 Å². The number of ether oxygens (including phenoxy) is 1. The third kappa shape index (κ3) is 4.58. The Kier molecular flexibility index (Phi) is 6.12. The summed E-state index contributed by atoms with van der Waals surface area (Å²) in [6.45, 7) is 0. The first-order chi connectivity index (χ1) is 19.3. The molecule has 3 heteroatoms. The molecule has 1 aliphatic heterocycles. The maximum absolute atomic E-state index is 6.40. The topological polar surface area (TPSA) is 12.5 Å². The number of fused-ring (bicyclic) bond motifs is 2. The fraction of sp³-hybridized carbons (Fsp3) is 0. The number of nitrogens with zero attached hydrogens (tertiary/aromatic N) is 1. The molecular weight excluding hydrogens is 494 g/mol. The molecule has 1 aliphatic rings. The van der Waals surface area contributed by atoms with Crippen molar-refractivity contribution in [2.45, 2.75) is 9.79 Å². The number of hydrogen-bond acceptors (Lipinski definition) is 3. The maximum Gasteiger partial charge on any atom is 0.149 e. The molecule has 0 spiro atoms. The zero-order valence-corrected chi connectivity index (χ0v) is 22.0. The van der Waals surface area contributed by atoms with Gasteiger partial charge in [0.1, 0.15) is 11.5 Å². The van der Waals surface area contributed by atoms with Crippen molar-refractivity contribution in [1.29, 1.82) is 0 Å². The summed E-state index contributed by atoms with van der Waals surface area (Å²) >= 11 is 1.76. The number of hydrogen-bond donors (Lipinski definition) is 0. The smallest absolute Gasteiger partial charge is 0.149 e. The fourth-order valence-electron chi connectivity index (χ4n) is 5.02. The summed E-state index contributed by atoms with van der Waals surface area (Å²) in [6, 6.07) is 53.1. The molecule has 6 aromatic carbocycles. The molecule has 0 aliphatic carbocycles. The average Bonchev–Trinajstić information content (AvgIpc) is 3.02. The molecule has 7 rings (SSSR count). The fourth-order valence-corrected chi connectivity index (χ4v) is 6.01. The van der Waals surface area contributed by atoms with Gasteiger partial charge in [-0.25, -0.2) is 0 Å². The van der Waals surface area contributed by atoms with Crippen molar-refractivity contribution in [3.8, 4) is 33.8 Å². The Balaban J connectivity index is 1.24.